The molecule has 0 fully saturated rings. The minimum absolute atomic E-state index is 0. The molecule has 0 N–H and O–H groups in total. The molecule has 0 unspecified atom stereocenters. The van der Waals surface area contributed by atoms with Crippen molar-refractivity contribution in [2.24, 2.45) is 0 Å². The topological polar surface area (TPSA) is 40.1 Å². The molecule has 0 aromatic carbocycles. The zero-order chi connectivity index (χ0) is 8.48. The van der Waals surface area contributed by atoms with E-state index < -0.39 is 16.8 Å². The normalized spacial score (nSPS) is 10.5. The van der Waals surface area contributed by atoms with E-state index in [-0.39, 0.29) is 29.6 Å². The second-order valence-electron chi connectivity index (χ2n) is 1.84. The molecule has 60 valence electrons. The van der Waals surface area contributed by atoms with E-state index in [1.807, 2.05) is 0 Å². The molecule has 0 aliphatic rings. The zero-order valence-corrected chi connectivity index (χ0v) is 9.03. The van der Waals surface area contributed by atoms with Crippen LogP contribution in [-0.4, -0.2) is 5.97 Å². The average Bonchev–Trinajstić information content (AvgIpc) is 2.37. The molecule has 0 aliphatic heterocycles. The van der Waals surface area contributed by atoms with E-state index in [9.17, 15) is 18.7 Å². The average molecular weight is 200 g/mol. The van der Waals surface area contributed by atoms with Gasteiger partial charge in [-0.25, -0.2) is 0 Å². The van der Waals surface area contributed by atoms with Gasteiger partial charge in [0.25, 0.3) is 0 Å². The molecule has 0 bridgehead atoms. The summed E-state index contributed by atoms with van der Waals surface area (Å²) < 4.78 is 24.9. The quantitative estimate of drug-likeness (QED) is 0.499. The first kappa shape index (κ1) is 12.0. The van der Waals surface area contributed by atoms with Gasteiger partial charge in [0.05, 0.1) is 4.88 Å². The van der Waals surface area contributed by atoms with E-state index in [0.29, 0.717) is 11.3 Å². The van der Waals surface area contributed by atoms with Gasteiger partial charge in [0.15, 0.2) is 0 Å². The number of halogens is 2. The van der Waals surface area contributed by atoms with Crippen molar-refractivity contribution in [2.75, 3.05) is 0 Å². The molecule has 12 heavy (non-hydrogen) atoms. The Labute approximate surface area is 93.5 Å². The van der Waals surface area contributed by atoms with Gasteiger partial charge >= 0.3 is 35.5 Å². The van der Waals surface area contributed by atoms with Gasteiger partial charge in [-0.2, -0.15) is 8.78 Å². The van der Waals surface area contributed by atoms with Crippen molar-refractivity contribution < 1.29 is 48.2 Å². The number of carboxylic acid groups (broad SMARTS) is 1. The Bertz CT molecular complexity index is 261. The van der Waals surface area contributed by atoms with Crippen LogP contribution in [-0.2, 0) is 10.7 Å². The number of carbonyl (C=O) groups is 1. The Hall–Kier alpha value is 0.0300. The summed E-state index contributed by atoms with van der Waals surface area (Å²) in [6.07, 6.45) is 0. The first-order chi connectivity index (χ1) is 5.05. The minimum Gasteiger partial charge on any atom is -0.544 e. The summed E-state index contributed by atoms with van der Waals surface area (Å²) in [7, 11) is 0. The van der Waals surface area contributed by atoms with Gasteiger partial charge in [0, 0.05) is 0 Å². The summed E-state index contributed by atoms with van der Waals surface area (Å²) in [5.41, 5.74) is 0. The first-order valence-corrected chi connectivity index (χ1v) is 3.56. The molecule has 1 aromatic rings. The van der Waals surface area contributed by atoms with E-state index >= 15 is 0 Å². The van der Waals surface area contributed by atoms with Gasteiger partial charge in [-0.05, 0) is 11.4 Å². The summed E-state index contributed by atoms with van der Waals surface area (Å²) >= 11 is 0.687. The molecule has 0 atom stereocenters. The van der Waals surface area contributed by atoms with E-state index in [2.05, 4.69) is 0 Å². The van der Waals surface area contributed by atoms with E-state index in [1.165, 1.54) is 11.4 Å². The predicted octanol–water partition coefficient (Wildman–Crippen LogP) is -2.41. The van der Waals surface area contributed by atoms with Crippen LogP contribution in [0.2, 0.25) is 0 Å². The Kier molecular flexibility index (Phi) is 4.33. The SMILES string of the molecule is O=C([O-])C(F)(F)c1cccs1.[Na+]. The Morgan fingerprint density at radius 2 is 2.17 bits per heavy atom. The van der Waals surface area contributed by atoms with Gasteiger partial charge < -0.3 is 9.90 Å². The molecule has 2 nitrogen and oxygen atoms in total. The van der Waals surface area contributed by atoms with Crippen LogP contribution in [0.1, 0.15) is 4.88 Å². The smallest absolute Gasteiger partial charge is 0.544 e. The Balaban J connectivity index is 0.00000121. The number of thiophene rings is 1. The number of hydrogen-bond acceptors (Lipinski definition) is 3. The number of carboxylic acids is 1. The molecular formula is C6H3F2NaO2S. The molecule has 1 heterocycles. The van der Waals surface area contributed by atoms with Crippen molar-refractivity contribution in [3.8, 4) is 0 Å². The molecule has 0 amide bonds. The first-order valence-electron chi connectivity index (χ1n) is 2.68. The number of aliphatic carboxylic acids is 1. The summed E-state index contributed by atoms with van der Waals surface area (Å²) in [5.74, 6) is -6.21. The van der Waals surface area contributed by atoms with Gasteiger partial charge in [0.1, 0.15) is 5.97 Å². The molecule has 0 aliphatic carbocycles. The van der Waals surface area contributed by atoms with Crippen molar-refractivity contribution >= 4 is 17.3 Å². The van der Waals surface area contributed by atoms with Gasteiger partial charge in [0.2, 0.25) is 0 Å². The third kappa shape index (κ3) is 2.26. The standard InChI is InChI=1S/C6H4F2O2S.Na/c7-6(8,5(9)10)4-2-1-3-11-4;/h1-3H,(H,9,10);/q;+1/p-1. The van der Waals surface area contributed by atoms with Crippen LogP contribution in [0, 0.1) is 0 Å². The van der Waals surface area contributed by atoms with Crippen LogP contribution in [0.15, 0.2) is 17.5 Å². The van der Waals surface area contributed by atoms with Gasteiger partial charge in [-0.3, -0.25) is 0 Å². The van der Waals surface area contributed by atoms with Crippen molar-refractivity contribution in [3.05, 3.63) is 22.4 Å². The predicted molar refractivity (Wildman–Crippen MR) is 33.2 cm³/mol. The molecular weight excluding hydrogens is 197 g/mol. The van der Waals surface area contributed by atoms with Crippen LogP contribution in [0.5, 0.6) is 0 Å². The van der Waals surface area contributed by atoms with Crippen molar-refractivity contribution in [2.45, 2.75) is 5.92 Å². The molecule has 0 spiro atoms. The fourth-order valence-electron chi connectivity index (χ4n) is 0.558. The maximum atomic E-state index is 12.5. The molecule has 0 saturated heterocycles. The van der Waals surface area contributed by atoms with Crippen LogP contribution < -0.4 is 34.7 Å². The third-order valence-corrected chi connectivity index (χ3v) is 2.03. The molecule has 0 saturated carbocycles. The number of rotatable bonds is 2. The van der Waals surface area contributed by atoms with Crippen LogP contribution in [0.25, 0.3) is 0 Å². The largest absolute Gasteiger partial charge is 1.00 e. The van der Waals surface area contributed by atoms with Crippen LogP contribution >= 0.6 is 11.3 Å². The molecule has 1 rings (SSSR count). The number of alkyl halides is 2. The monoisotopic (exact) mass is 200 g/mol. The maximum Gasteiger partial charge on any atom is 1.00 e. The number of carbonyl (C=O) groups excluding carboxylic acids is 1. The van der Waals surface area contributed by atoms with Gasteiger partial charge in [-0.1, -0.05) is 6.07 Å². The van der Waals surface area contributed by atoms with Crippen LogP contribution in [0.3, 0.4) is 0 Å². The second kappa shape index (κ2) is 4.32. The van der Waals surface area contributed by atoms with Crippen molar-refractivity contribution in [1.29, 1.82) is 0 Å². The Morgan fingerprint density at radius 1 is 1.58 bits per heavy atom. The summed E-state index contributed by atoms with van der Waals surface area (Å²) in [4.78, 5) is 9.36. The Morgan fingerprint density at radius 3 is 2.50 bits per heavy atom. The number of hydrogen-bond donors (Lipinski definition) is 0. The maximum absolute atomic E-state index is 12.5. The second-order valence-corrected chi connectivity index (χ2v) is 2.79. The summed E-state index contributed by atoms with van der Waals surface area (Å²) in [5, 5.41) is 11.2. The van der Waals surface area contributed by atoms with Crippen LogP contribution in [0.4, 0.5) is 8.78 Å². The van der Waals surface area contributed by atoms with Crippen molar-refractivity contribution in [1.82, 2.24) is 0 Å². The fourth-order valence-corrected chi connectivity index (χ4v) is 1.25. The van der Waals surface area contributed by atoms with Gasteiger partial charge in [-0.15, -0.1) is 11.3 Å². The summed E-state index contributed by atoms with van der Waals surface area (Å²) in [6.45, 7) is 0. The fraction of sp³-hybridized carbons (Fsp3) is 0.167. The summed E-state index contributed by atoms with van der Waals surface area (Å²) in [6, 6.07) is 2.41. The van der Waals surface area contributed by atoms with E-state index in [1.54, 1.807) is 0 Å². The van der Waals surface area contributed by atoms with Crippen molar-refractivity contribution in [3.63, 3.8) is 0 Å². The third-order valence-electron chi connectivity index (χ3n) is 1.09. The minimum atomic E-state index is -3.85. The van der Waals surface area contributed by atoms with E-state index in [4.69, 9.17) is 0 Å². The molecule has 0 radical (unpaired) electrons. The zero-order valence-electron chi connectivity index (χ0n) is 6.21. The molecule has 1 aromatic heterocycles. The van der Waals surface area contributed by atoms with E-state index in [0.717, 1.165) is 6.07 Å². The molecule has 6 heteroatoms.